The molecule has 3 aromatic rings. The van der Waals surface area contributed by atoms with Crippen molar-refractivity contribution in [3.63, 3.8) is 0 Å². The Kier molecular flexibility index (Phi) is 5.23. The van der Waals surface area contributed by atoms with Crippen LogP contribution in [0.25, 0.3) is 11.4 Å². The number of halogens is 1. The maximum absolute atomic E-state index is 12.2. The molecule has 0 bridgehead atoms. The van der Waals surface area contributed by atoms with E-state index in [1.807, 2.05) is 49.4 Å². The Balaban J connectivity index is 1.67. The number of benzene rings is 2. The van der Waals surface area contributed by atoms with Crippen molar-refractivity contribution in [3.05, 3.63) is 58.1 Å². The Hall–Kier alpha value is -2.54. The topological polar surface area (TPSA) is 72.7 Å². The van der Waals surface area contributed by atoms with E-state index in [0.717, 1.165) is 27.7 Å². The highest BCUT2D eigenvalue weighted by atomic mass is 79.9. The van der Waals surface area contributed by atoms with Gasteiger partial charge in [-0.25, -0.2) is 0 Å². The van der Waals surface area contributed by atoms with Gasteiger partial charge in [-0.2, -0.15) is 4.80 Å². The number of anilines is 1. The van der Waals surface area contributed by atoms with Gasteiger partial charge >= 0.3 is 0 Å². The summed E-state index contributed by atoms with van der Waals surface area (Å²) < 4.78 is 0.972. The molecule has 0 saturated carbocycles. The smallest absolute Gasteiger partial charge is 0.248 e. The number of aryl methyl sites for hydroxylation is 2. The van der Waals surface area contributed by atoms with Crippen LogP contribution in [0.5, 0.6) is 0 Å². The molecule has 0 radical (unpaired) electrons. The third-order valence-corrected chi connectivity index (χ3v) is 4.31. The summed E-state index contributed by atoms with van der Waals surface area (Å²) in [5.74, 6) is 0.311. The fourth-order valence-corrected chi connectivity index (χ4v) is 2.88. The number of carbonyl (C=O) groups excluding carboxylic acids is 1. The highest BCUT2D eigenvalue weighted by molar-refractivity contribution is 9.10. The van der Waals surface area contributed by atoms with Gasteiger partial charge in [-0.05, 0) is 47.9 Å². The Morgan fingerprint density at radius 1 is 1.20 bits per heavy atom. The number of carbonyl (C=O) groups is 1. The summed E-state index contributed by atoms with van der Waals surface area (Å²) in [5, 5.41) is 15.1. The van der Waals surface area contributed by atoms with Crippen molar-refractivity contribution >= 4 is 27.5 Å². The first-order valence-electron chi connectivity index (χ1n) is 7.98. The van der Waals surface area contributed by atoms with E-state index < -0.39 is 0 Å². The van der Waals surface area contributed by atoms with Crippen LogP contribution in [0.3, 0.4) is 0 Å². The Labute approximate surface area is 154 Å². The van der Waals surface area contributed by atoms with E-state index in [1.54, 1.807) is 0 Å². The van der Waals surface area contributed by atoms with Crippen LogP contribution in [-0.2, 0) is 17.8 Å². The molecule has 0 fully saturated rings. The van der Waals surface area contributed by atoms with E-state index in [0.29, 0.717) is 5.82 Å². The van der Waals surface area contributed by atoms with Crippen molar-refractivity contribution in [1.82, 2.24) is 20.2 Å². The quantitative estimate of drug-likeness (QED) is 0.710. The van der Waals surface area contributed by atoms with Crippen LogP contribution >= 0.6 is 15.9 Å². The second-order valence-corrected chi connectivity index (χ2v) is 6.62. The van der Waals surface area contributed by atoms with Crippen molar-refractivity contribution in [2.24, 2.45) is 0 Å². The zero-order valence-corrected chi connectivity index (χ0v) is 15.6. The number of tetrazole rings is 1. The maximum Gasteiger partial charge on any atom is 0.248 e. The van der Waals surface area contributed by atoms with Gasteiger partial charge in [-0.1, -0.05) is 47.1 Å². The summed E-state index contributed by atoms with van der Waals surface area (Å²) in [4.78, 5) is 13.5. The van der Waals surface area contributed by atoms with Crippen molar-refractivity contribution in [3.8, 4) is 11.4 Å². The largest absolute Gasteiger partial charge is 0.324 e. The van der Waals surface area contributed by atoms with Gasteiger partial charge in [0, 0.05) is 15.7 Å². The molecule has 1 heterocycles. The second kappa shape index (κ2) is 7.57. The van der Waals surface area contributed by atoms with Crippen LogP contribution in [0.2, 0.25) is 0 Å². The molecule has 2 aromatic carbocycles. The molecule has 7 heteroatoms. The third kappa shape index (κ3) is 4.30. The summed E-state index contributed by atoms with van der Waals surface area (Å²) in [7, 11) is 0. The van der Waals surface area contributed by atoms with Gasteiger partial charge in [-0.3, -0.25) is 4.79 Å². The molecule has 3 rings (SSSR count). The van der Waals surface area contributed by atoms with Gasteiger partial charge < -0.3 is 5.32 Å². The van der Waals surface area contributed by atoms with Crippen LogP contribution < -0.4 is 5.32 Å². The Morgan fingerprint density at radius 3 is 2.64 bits per heavy atom. The second-order valence-electron chi connectivity index (χ2n) is 5.70. The SMILES string of the molecule is CCc1ccc(-c2nnn(CC(=O)Nc3ccc(Br)cc3C)n2)cc1. The van der Waals surface area contributed by atoms with Gasteiger partial charge in [0.2, 0.25) is 11.7 Å². The standard InChI is InChI=1S/C18H18BrN5O/c1-3-13-4-6-14(7-5-13)18-21-23-24(22-18)11-17(25)20-16-9-8-15(19)10-12(16)2/h4-10H,3,11H2,1-2H3,(H,20,25). The van der Waals surface area contributed by atoms with Crippen LogP contribution in [0.4, 0.5) is 5.69 Å². The normalized spacial score (nSPS) is 10.7. The fraction of sp³-hybridized carbons (Fsp3) is 0.222. The molecule has 6 nitrogen and oxygen atoms in total. The monoisotopic (exact) mass is 399 g/mol. The molecule has 0 aliphatic heterocycles. The average molecular weight is 400 g/mol. The van der Waals surface area contributed by atoms with Crippen LogP contribution in [0.15, 0.2) is 46.9 Å². The van der Waals surface area contributed by atoms with Crippen molar-refractivity contribution in [1.29, 1.82) is 0 Å². The first-order chi connectivity index (χ1) is 12.0. The average Bonchev–Trinajstić information content (AvgIpc) is 3.06. The lowest BCUT2D eigenvalue weighted by Gasteiger charge is -2.08. The molecule has 1 aromatic heterocycles. The molecular formula is C18H18BrN5O. The van der Waals surface area contributed by atoms with Crippen molar-refractivity contribution in [2.75, 3.05) is 5.32 Å². The van der Waals surface area contributed by atoms with E-state index in [1.165, 1.54) is 10.4 Å². The Bertz CT molecular complexity index is 889. The number of hydrogen-bond acceptors (Lipinski definition) is 4. The summed E-state index contributed by atoms with van der Waals surface area (Å²) >= 11 is 3.41. The summed E-state index contributed by atoms with van der Waals surface area (Å²) in [6.45, 7) is 4.05. The number of nitrogens with one attached hydrogen (secondary N) is 1. The molecule has 1 N–H and O–H groups in total. The van der Waals surface area contributed by atoms with Crippen LogP contribution in [0.1, 0.15) is 18.1 Å². The molecule has 25 heavy (non-hydrogen) atoms. The van der Waals surface area contributed by atoms with E-state index in [-0.39, 0.29) is 12.5 Å². The van der Waals surface area contributed by atoms with Crippen molar-refractivity contribution in [2.45, 2.75) is 26.8 Å². The summed E-state index contributed by atoms with van der Waals surface area (Å²) in [6, 6.07) is 13.7. The molecule has 1 amide bonds. The van der Waals surface area contributed by atoms with E-state index >= 15 is 0 Å². The zero-order chi connectivity index (χ0) is 17.8. The molecule has 128 valence electrons. The van der Waals surface area contributed by atoms with Crippen LogP contribution in [-0.4, -0.2) is 26.1 Å². The predicted octanol–water partition coefficient (Wildman–Crippen LogP) is 3.61. The Morgan fingerprint density at radius 2 is 1.96 bits per heavy atom. The number of nitrogens with zero attached hydrogens (tertiary/aromatic N) is 4. The van der Waals surface area contributed by atoms with Gasteiger partial charge in [-0.15, -0.1) is 10.2 Å². The van der Waals surface area contributed by atoms with E-state index in [2.05, 4.69) is 43.6 Å². The third-order valence-electron chi connectivity index (χ3n) is 3.82. The minimum atomic E-state index is -0.198. The molecule has 0 aliphatic rings. The molecule has 0 aliphatic carbocycles. The number of hydrogen-bond donors (Lipinski definition) is 1. The first-order valence-corrected chi connectivity index (χ1v) is 8.77. The lowest BCUT2D eigenvalue weighted by Crippen LogP contribution is -2.20. The van der Waals surface area contributed by atoms with Crippen LogP contribution in [0, 0.1) is 6.92 Å². The van der Waals surface area contributed by atoms with E-state index in [9.17, 15) is 4.79 Å². The minimum Gasteiger partial charge on any atom is -0.324 e. The number of rotatable bonds is 5. The molecule has 0 spiro atoms. The van der Waals surface area contributed by atoms with Gasteiger partial charge in [0.1, 0.15) is 6.54 Å². The van der Waals surface area contributed by atoms with E-state index in [4.69, 9.17) is 0 Å². The van der Waals surface area contributed by atoms with Gasteiger partial charge in [0.05, 0.1) is 0 Å². The lowest BCUT2D eigenvalue weighted by molar-refractivity contribution is -0.117. The van der Waals surface area contributed by atoms with Gasteiger partial charge in [0.25, 0.3) is 0 Å². The first kappa shape index (κ1) is 17.3. The predicted molar refractivity (Wildman–Crippen MR) is 100 cm³/mol. The fourth-order valence-electron chi connectivity index (χ4n) is 2.40. The highest BCUT2D eigenvalue weighted by Crippen LogP contribution is 2.20. The maximum atomic E-state index is 12.2. The molecule has 0 saturated heterocycles. The van der Waals surface area contributed by atoms with Crippen molar-refractivity contribution < 1.29 is 4.79 Å². The number of amides is 1. The number of aromatic nitrogens is 4. The van der Waals surface area contributed by atoms with Gasteiger partial charge in [0.15, 0.2) is 0 Å². The zero-order valence-electron chi connectivity index (χ0n) is 14.0. The lowest BCUT2D eigenvalue weighted by atomic mass is 10.1. The highest BCUT2D eigenvalue weighted by Gasteiger charge is 2.10. The minimum absolute atomic E-state index is 0.00947. The summed E-state index contributed by atoms with van der Waals surface area (Å²) in [5.41, 5.74) is 3.88. The molecule has 0 atom stereocenters. The molecular weight excluding hydrogens is 382 g/mol. The summed E-state index contributed by atoms with van der Waals surface area (Å²) in [6.07, 6.45) is 0.982. The molecule has 0 unspecified atom stereocenters.